The van der Waals surface area contributed by atoms with E-state index in [1.807, 2.05) is 24.3 Å². The summed E-state index contributed by atoms with van der Waals surface area (Å²) >= 11 is 12.1. The van der Waals surface area contributed by atoms with E-state index in [0.717, 1.165) is 11.3 Å². The molecule has 0 saturated heterocycles. The first kappa shape index (κ1) is 16.6. The zero-order chi connectivity index (χ0) is 17.1. The lowest BCUT2D eigenvalue weighted by molar-refractivity contribution is 0.966. The van der Waals surface area contributed by atoms with Gasteiger partial charge in [0.05, 0.1) is 21.9 Å². The Balaban J connectivity index is 1.74. The predicted molar refractivity (Wildman–Crippen MR) is 103 cm³/mol. The molecule has 0 aliphatic heterocycles. The second-order valence-corrected chi connectivity index (χ2v) is 6.30. The van der Waals surface area contributed by atoms with Crippen molar-refractivity contribution < 1.29 is 0 Å². The standard InChI is InChI=1S/C19H17Cl2N3/c1-13-6-7-14(2)24(13)16-10-8-15(9-11-16)12-22-23-18-5-3-4-17(20)19(18)21/h3-12,23H,1-2H3/b22-12+. The Labute approximate surface area is 151 Å². The average Bonchev–Trinajstić information content (AvgIpc) is 2.91. The van der Waals surface area contributed by atoms with Crippen molar-refractivity contribution in [2.24, 2.45) is 5.10 Å². The van der Waals surface area contributed by atoms with E-state index in [1.54, 1.807) is 12.3 Å². The summed E-state index contributed by atoms with van der Waals surface area (Å²) < 4.78 is 2.21. The van der Waals surface area contributed by atoms with Crippen LogP contribution in [0.4, 0.5) is 5.69 Å². The Bertz CT molecular complexity index is 861. The maximum absolute atomic E-state index is 6.11. The minimum Gasteiger partial charge on any atom is -0.319 e. The van der Waals surface area contributed by atoms with Crippen LogP contribution in [0.3, 0.4) is 0 Å². The van der Waals surface area contributed by atoms with Gasteiger partial charge < -0.3 is 4.57 Å². The van der Waals surface area contributed by atoms with Crippen molar-refractivity contribution in [3.05, 3.63) is 81.6 Å². The highest BCUT2D eigenvalue weighted by atomic mass is 35.5. The van der Waals surface area contributed by atoms with Crippen LogP contribution in [-0.4, -0.2) is 10.8 Å². The lowest BCUT2D eigenvalue weighted by Crippen LogP contribution is -1.98. The molecule has 5 heteroatoms. The lowest BCUT2D eigenvalue weighted by atomic mass is 10.2. The third-order valence-corrected chi connectivity index (χ3v) is 4.59. The van der Waals surface area contributed by atoms with Crippen LogP contribution in [0.2, 0.25) is 10.0 Å². The zero-order valence-corrected chi connectivity index (χ0v) is 14.9. The molecule has 0 unspecified atom stereocenters. The predicted octanol–water partition coefficient (Wildman–Crippen LogP) is 5.85. The first-order valence-corrected chi connectivity index (χ1v) is 8.30. The van der Waals surface area contributed by atoms with Gasteiger partial charge in [0.15, 0.2) is 0 Å². The molecule has 0 aliphatic rings. The van der Waals surface area contributed by atoms with Crippen molar-refractivity contribution in [3.8, 4) is 5.69 Å². The quantitative estimate of drug-likeness (QED) is 0.460. The third-order valence-electron chi connectivity index (χ3n) is 3.77. The lowest BCUT2D eigenvalue weighted by Gasteiger charge is -2.09. The number of anilines is 1. The highest BCUT2D eigenvalue weighted by Gasteiger charge is 2.04. The fourth-order valence-corrected chi connectivity index (χ4v) is 2.89. The summed E-state index contributed by atoms with van der Waals surface area (Å²) in [5, 5.41) is 5.18. The highest BCUT2D eigenvalue weighted by Crippen LogP contribution is 2.29. The smallest absolute Gasteiger partial charge is 0.0842 e. The normalized spacial score (nSPS) is 11.2. The van der Waals surface area contributed by atoms with Gasteiger partial charge in [0.25, 0.3) is 0 Å². The highest BCUT2D eigenvalue weighted by molar-refractivity contribution is 6.43. The summed E-state index contributed by atoms with van der Waals surface area (Å²) in [7, 11) is 0. The molecule has 3 aromatic rings. The van der Waals surface area contributed by atoms with Gasteiger partial charge in [-0.05, 0) is 55.8 Å². The van der Waals surface area contributed by atoms with Gasteiger partial charge in [-0.3, -0.25) is 5.43 Å². The van der Waals surface area contributed by atoms with Gasteiger partial charge in [0.1, 0.15) is 0 Å². The molecule has 3 rings (SSSR count). The topological polar surface area (TPSA) is 29.3 Å². The minimum atomic E-state index is 0.463. The molecular weight excluding hydrogens is 341 g/mol. The first-order valence-electron chi connectivity index (χ1n) is 7.55. The molecule has 0 fully saturated rings. The van der Waals surface area contributed by atoms with Crippen LogP contribution in [-0.2, 0) is 0 Å². The Morgan fingerprint density at radius 1 is 0.917 bits per heavy atom. The van der Waals surface area contributed by atoms with Gasteiger partial charge >= 0.3 is 0 Å². The molecule has 24 heavy (non-hydrogen) atoms. The van der Waals surface area contributed by atoms with Gasteiger partial charge in [0, 0.05) is 17.1 Å². The number of nitrogens with zero attached hydrogens (tertiary/aromatic N) is 2. The zero-order valence-electron chi connectivity index (χ0n) is 13.4. The van der Waals surface area contributed by atoms with Crippen LogP contribution in [0.25, 0.3) is 5.69 Å². The van der Waals surface area contributed by atoms with E-state index in [0.29, 0.717) is 15.7 Å². The maximum Gasteiger partial charge on any atom is 0.0842 e. The summed E-state index contributed by atoms with van der Waals surface area (Å²) in [4.78, 5) is 0. The number of benzene rings is 2. The molecule has 0 bridgehead atoms. The second kappa shape index (κ2) is 7.12. The number of halogens is 2. The third kappa shape index (κ3) is 3.48. The van der Waals surface area contributed by atoms with Gasteiger partial charge in [-0.2, -0.15) is 5.10 Å². The number of aryl methyl sites for hydroxylation is 2. The fourth-order valence-electron chi connectivity index (χ4n) is 2.55. The van der Waals surface area contributed by atoms with Crippen LogP contribution < -0.4 is 5.43 Å². The number of rotatable bonds is 4. The Kier molecular flexibility index (Phi) is 4.93. The van der Waals surface area contributed by atoms with Gasteiger partial charge in [-0.1, -0.05) is 41.4 Å². The number of aromatic nitrogens is 1. The van der Waals surface area contributed by atoms with Crippen LogP contribution in [0, 0.1) is 13.8 Å². The molecule has 3 nitrogen and oxygen atoms in total. The Morgan fingerprint density at radius 3 is 2.25 bits per heavy atom. The number of hydrogen-bond donors (Lipinski definition) is 1. The summed E-state index contributed by atoms with van der Waals surface area (Å²) in [6.07, 6.45) is 1.75. The second-order valence-electron chi connectivity index (χ2n) is 5.51. The van der Waals surface area contributed by atoms with Gasteiger partial charge in [-0.15, -0.1) is 0 Å². The monoisotopic (exact) mass is 357 g/mol. The average molecular weight is 358 g/mol. The van der Waals surface area contributed by atoms with Crippen molar-refractivity contribution in [1.82, 2.24) is 4.57 Å². The molecule has 122 valence electrons. The van der Waals surface area contributed by atoms with Crippen molar-refractivity contribution in [3.63, 3.8) is 0 Å². The molecule has 0 amide bonds. The van der Waals surface area contributed by atoms with Crippen LogP contribution in [0.1, 0.15) is 17.0 Å². The van der Waals surface area contributed by atoms with E-state index in [-0.39, 0.29) is 0 Å². The van der Waals surface area contributed by atoms with Gasteiger partial charge in [-0.25, -0.2) is 0 Å². The minimum absolute atomic E-state index is 0.463. The summed E-state index contributed by atoms with van der Waals surface area (Å²) in [5.74, 6) is 0. The molecule has 1 heterocycles. The molecular formula is C19H17Cl2N3. The van der Waals surface area contributed by atoms with E-state index < -0.39 is 0 Å². The van der Waals surface area contributed by atoms with Crippen molar-refractivity contribution >= 4 is 35.1 Å². The first-order chi connectivity index (χ1) is 11.6. The van der Waals surface area contributed by atoms with Crippen LogP contribution >= 0.6 is 23.2 Å². The van der Waals surface area contributed by atoms with E-state index >= 15 is 0 Å². The summed E-state index contributed by atoms with van der Waals surface area (Å²) in [5.41, 5.74) is 8.14. The number of nitrogens with one attached hydrogen (secondary N) is 1. The SMILES string of the molecule is Cc1ccc(C)n1-c1ccc(/C=N/Nc2cccc(Cl)c2Cl)cc1. The largest absolute Gasteiger partial charge is 0.319 e. The van der Waals surface area contributed by atoms with Crippen molar-refractivity contribution in [2.75, 3.05) is 5.43 Å². The Morgan fingerprint density at radius 2 is 1.58 bits per heavy atom. The Hall–Kier alpha value is -2.23. The van der Waals surface area contributed by atoms with Gasteiger partial charge in [0.2, 0.25) is 0 Å². The number of hydrazone groups is 1. The molecule has 0 atom stereocenters. The molecule has 1 aromatic heterocycles. The van der Waals surface area contributed by atoms with Crippen molar-refractivity contribution in [1.29, 1.82) is 0 Å². The maximum atomic E-state index is 6.11. The molecule has 1 N–H and O–H groups in total. The van der Waals surface area contributed by atoms with E-state index in [9.17, 15) is 0 Å². The van der Waals surface area contributed by atoms with E-state index in [1.165, 1.54) is 11.4 Å². The summed E-state index contributed by atoms with van der Waals surface area (Å²) in [6, 6.07) is 17.8. The van der Waals surface area contributed by atoms with Crippen LogP contribution in [0.5, 0.6) is 0 Å². The summed E-state index contributed by atoms with van der Waals surface area (Å²) in [6.45, 7) is 4.20. The molecule has 2 aromatic carbocycles. The fraction of sp³-hybridized carbons (Fsp3) is 0.105. The van der Waals surface area contributed by atoms with Crippen molar-refractivity contribution in [2.45, 2.75) is 13.8 Å². The number of hydrogen-bond acceptors (Lipinski definition) is 2. The van der Waals surface area contributed by atoms with Crippen LogP contribution in [0.15, 0.2) is 59.7 Å². The van der Waals surface area contributed by atoms with E-state index in [4.69, 9.17) is 23.2 Å². The molecule has 0 radical (unpaired) electrons. The van der Waals surface area contributed by atoms with E-state index in [2.05, 4.69) is 53.2 Å². The molecule has 0 aliphatic carbocycles. The molecule has 0 spiro atoms. The molecule has 0 saturated carbocycles.